The highest BCUT2D eigenvalue weighted by atomic mass is 32.2. The summed E-state index contributed by atoms with van der Waals surface area (Å²) in [6.07, 6.45) is 6.55. The van der Waals surface area contributed by atoms with Crippen molar-refractivity contribution in [2.75, 3.05) is 167 Å². The van der Waals surface area contributed by atoms with Gasteiger partial charge in [0.05, 0.1) is 56.3 Å². The Kier molecular flexibility index (Phi) is 33.2. The topological polar surface area (TPSA) is 355 Å². The van der Waals surface area contributed by atoms with Crippen molar-refractivity contribution in [2.45, 2.75) is 140 Å². The van der Waals surface area contributed by atoms with Gasteiger partial charge in [0, 0.05) is 111 Å². The molecule has 9 amide bonds. The number of carbonyl (C=O) groups excluding carboxylic acids is 10. The van der Waals surface area contributed by atoms with Crippen molar-refractivity contribution in [1.82, 2.24) is 69.9 Å². The first-order chi connectivity index (χ1) is 54.0. The SMILES string of the molecule is C.CC(C)(C)OC(=O)N1CCC(C=O)C1.CN(CC1CCN(C(=O)OC(C)(C)C)C1)C(=O)c1ccc2c(n1)NC(=O)CS2.CN(CC1CCNC1)C(=O)c1ccc2c(n1)NC(=O)CS2.CNCC1CCN(C(=O)OC(C)(C)C)C1.COc1ccc2ncc(F)c(CCN3CCC(CN(C)C(=O)c4ccc5c(n4)NC(=O)CS5)C3)c2n1. The number of amides is 9. The fourth-order valence-corrected chi connectivity index (χ4v) is 16.0. The van der Waals surface area contributed by atoms with Gasteiger partial charge in [-0.3, -0.25) is 33.8 Å². The average Bonchev–Trinajstić information content (AvgIpc) is 1.63. The first kappa shape index (κ1) is 91.5. The number of rotatable bonds is 16. The molecule has 0 radical (unpaired) electrons. The van der Waals surface area contributed by atoms with Crippen LogP contribution < -0.4 is 31.3 Å². The number of fused-ring (bicyclic) bond motifs is 4. The lowest BCUT2D eigenvalue weighted by atomic mass is 10.1. The number of likely N-dealkylation sites (tertiary alicyclic amines) is 4. The quantitative estimate of drug-likeness (QED) is 0.0453. The predicted molar refractivity (Wildman–Crippen MR) is 441 cm³/mol. The van der Waals surface area contributed by atoms with Crippen LogP contribution in [0, 0.1) is 35.4 Å². The highest BCUT2D eigenvalue weighted by Crippen LogP contribution is 2.34. The third kappa shape index (κ3) is 27.6. The van der Waals surface area contributed by atoms with Crippen LogP contribution in [0.15, 0.2) is 69.4 Å². The second-order valence-electron chi connectivity index (χ2n) is 32.4. The predicted octanol–water partition coefficient (Wildman–Crippen LogP) is 9.66. The van der Waals surface area contributed by atoms with Gasteiger partial charge in [-0.15, -0.1) is 35.3 Å². The van der Waals surface area contributed by atoms with Gasteiger partial charge in [0.15, 0.2) is 0 Å². The largest absolute Gasteiger partial charge is 0.481 e. The molecule has 115 heavy (non-hydrogen) atoms. The number of hydrogen-bond acceptors (Lipinski definition) is 25. The number of halogens is 1. The van der Waals surface area contributed by atoms with E-state index in [-0.39, 0.29) is 78.8 Å². The summed E-state index contributed by atoms with van der Waals surface area (Å²) in [4.78, 5) is 155. The molecule has 5 N–H and O–H groups in total. The molecule has 5 atom stereocenters. The van der Waals surface area contributed by atoms with Crippen LogP contribution in [0.5, 0.6) is 5.88 Å². The van der Waals surface area contributed by atoms with Crippen LogP contribution in [0.1, 0.15) is 139 Å². The summed E-state index contributed by atoms with van der Waals surface area (Å²) in [7, 11) is 8.78. The first-order valence-electron chi connectivity index (χ1n) is 38.5. The van der Waals surface area contributed by atoms with Crippen LogP contribution in [0.25, 0.3) is 11.0 Å². The molecule has 628 valence electrons. The average molecular weight is 1650 g/mol. The van der Waals surface area contributed by atoms with Crippen LogP contribution in [0.2, 0.25) is 0 Å². The molecule has 8 aliphatic heterocycles. The molecular formula is C80H114FN17O14S3. The molecule has 0 bridgehead atoms. The van der Waals surface area contributed by atoms with Crippen molar-refractivity contribution >= 4 is 124 Å². The Morgan fingerprint density at radius 2 is 0.991 bits per heavy atom. The van der Waals surface area contributed by atoms with E-state index in [9.17, 15) is 52.3 Å². The minimum Gasteiger partial charge on any atom is -0.481 e. The highest BCUT2D eigenvalue weighted by molar-refractivity contribution is 8.00. The van der Waals surface area contributed by atoms with E-state index in [1.54, 1.807) is 80.9 Å². The highest BCUT2D eigenvalue weighted by Gasteiger charge is 2.35. The number of aldehydes is 1. The zero-order valence-electron chi connectivity index (χ0n) is 67.8. The zero-order valence-corrected chi connectivity index (χ0v) is 70.3. The second kappa shape index (κ2) is 41.7. The van der Waals surface area contributed by atoms with Gasteiger partial charge in [0.2, 0.25) is 23.6 Å². The van der Waals surface area contributed by atoms with Gasteiger partial charge in [0.25, 0.3) is 17.7 Å². The molecule has 5 aromatic heterocycles. The summed E-state index contributed by atoms with van der Waals surface area (Å²) in [6.45, 7) is 27.9. The number of aromatic nitrogens is 5. The Balaban J connectivity index is 0.000000188. The fourth-order valence-electron chi connectivity index (χ4n) is 13.7. The first-order valence-corrected chi connectivity index (χ1v) is 41.5. The van der Waals surface area contributed by atoms with Crippen LogP contribution in [-0.2, 0) is 39.8 Å². The molecule has 5 aromatic rings. The van der Waals surface area contributed by atoms with E-state index in [1.165, 1.54) is 48.6 Å². The summed E-state index contributed by atoms with van der Waals surface area (Å²) in [5.74, 6) is 3.35. The van der Waals surface area contributed by atoms with Crippen LogP contribution in [0.3, 0.4) is 0 Å². The van der Waals surface area contributed by atoms with Crippen molar-refractivity contribution in [3.8, 4) is 5.88 Å². The summed E-state index contributed by atoms with van der Waals surface area (Å²) < 4.78 is 35.7. The van der Waals surface area contributed by atoms with Gasteiger partial charge in [-0.05, 0) is 200 Å². The summed E-state index contributed by atoms with van der Waals surface area (Å²) in [6, 6.07) is 14.1. The van der Waals surface area contributed by atoms with E-state index in [1.807, 2.05) is 87.6 Å². The molecule has 8 aliphatic rings. The van der Waals surface area contributed by atoms with Gasteiger partial charge >= 0.3 is 18.3 Å². The summed E-state index contributed by atoms with van der Waals surface area (Å²) in [5.41, 5.74) is 1.33. The Bertz CT molecular complexity index is 4270. The molecule has 13 rings (SSSR count). The lowest BCUT2D eigenvalue weighted by Crippen LogP contribution is -2.37. The maximum atomic E-state index is 14.6. The smallest absolute Gasteiger partial charge is 0.410 e. The minimum atomic E-state index is -0.520. The number of nitrogens with zero attached hydrogens (tertiary/aromatic N) is 12. The van der Waals surface area contributed by atoms with Gasteiger partial charge < -0.3 is 84.6 Å². The molecule has 13 heterocycles. The van der Waals surface area contributed by atoms with E-state index in [2.05, 4.69) is 56.4 Å². The second-order valence-corrected chi connectivity index (χ2v) is 35.4. The zero-order chi connectivity index (χ0) is 82.8. The summed E-state index contributed by atoms with van der Waals surface area (Å²) in [5, 5.41) is 14.6. The van der Waals surface area contributed by atoms with E-state index in [0.29, 0.717) is 144 Å². The standard InChI is InChI=1S/C25H27FN6O3S.C19H26N4O4S.C14H18N4O2S.C11H22N2O2.C10H17NO3.CH4/c1-31(25(34)19-3-5-20-24(28-19)29-21(33)14-36-20)12-15-7-9-32(13-15)10-8-16-17(26)11-27-18-4-6-22(35-2)30-23(16)18;1-19(2,3)27-18(26)23-8-7-12(10-23)9-22(4)17(25)13-5-6-14-16(20-13)21-15(24)11-28-14;1-18(7-9-4-5-15-6-9)14(20)10-2-3-11-13(16-10)17-12(19)8-21-11;1-11(2,3)15-10(14)13-6-5-9(8-13)7-12-4;1-10(2,3)14-9(13)11-5-4-8(6-11)7-12;/h3-6,11,15H,7-10,12-14H2,1-2H3,(H,28,29,33);5-6,12H,7-11H2,1-4H3,(H,20,21,24);2-3,9,15H,4-8H2,1H3,(H,16,17,19);9,12H,5-8H2,1-4H3;7-8H,4-6H2,1-3H3;1H4. The van der Waals surface area contributed by atoms with E-state index in [0.717, 1.165) is 105 Å². The molecule has 5 fully saturated rings. The lowest BCUT2D eigenvalue weighted by molar-refractivity contribution is -0.114. The monoisotopic (exact) mass is 1650 g/mol. The molecule has 0 aromatic carbocycles. The number of nitrogens with one attached hydrogen (secondary N) is 5. The van der Waals surface area contributed by atoms with E-state index < -0.39 is 16.8 Å². The maximum absolute atomic E-state index is 14.6. The number of pyridine rings is 5. The van der Waals surface area contributed by atoms with Gasteiger partial charge in [-0.2, -0.15) is 0 Å². The third-order valence-electron chi connectivity index (χ3n) is 19.3. The molecule has 0 aliphatic carbocycles. The normalized spacial score (nSPS) is 19.5. The van der Waals surface area contributed by atoms with E-state index in [4.69, 9.17) is 18.9 Å². The number of thioether (sulfide) groups is 3. The van der Waals surface area contributed by atoms with Gasteiger partial charge in [0.1, 0.15) is 63.4 Å². The van der Waals surface area contributed by atoms with Crippen molar-refractivity contribution < 1.29 is 71.3 Å². The number of hydrogen-bond donors (Lipinski definition) is 5. The molecule has 5 saturated heterocycles. The minimum absolute atomic E-state index is 0. The number of methoxy groups -OCH3 is 1. The van der Waals surface area contributed by atoms with Crippen molar-refractivity contribution in [3.05, 3.63) is 83.2 Å². The number of carbonyl (C=O) groups is 10. The fraction of sp³-hybridized carbons (Fsp3) is 0.588. The number of anilines is 3. The number of ether oxygens (including phenoxy) is 4. The van der Waals surface area contributed by atoms with Crippen LogP contribution in [0.4, 0.5) is 36.2 Å². The third-order valence-corrected chi connectivity index (χ3v) is 22.5. The van der Waals surface area contributed by atoms with Crippen LogP contribution >= 0.6 is 35.3 Å². The molecule has 31 nitrogen and oxygen atoms in total. The Labute approximate surface area is 686 Å². The molecule has 0 saturated carbocycles. The molecule has 5 unspecified atom stereocenters. The molecule has 35 heteroatoms. The van der Waals surface area contributed by atoms with Gasteiger partial charge in [-0.1, -0.05) is 7.43 Å². The van der Waals surface area contributed by atoms with Crippen molar-refractivity contribution in [3.63, 3.8) is 0 Å². The molecule has 0 spiro atoms. The Morgan fingerprint density at radius 3 is 1.42 bits per heavy atom. The lowest BCUT2D eigenvalue weighted by Gasteiger charge is -2.25. The van der Waals surface area contributed by atoms with E-state index >= 15 is 0 Å². The Morgan fingerprint density at radius 1 is 0.565 bits per heavy atom. The maximum Gasteiger partial charge on any atom is 0.410 e. The van der Waals surface area contributed by atoms with Crippen molar-refractivity contribution in [2.24, 2.45) is 29.6 Å². The van der Waals surface area contributed by atoms with Gasteiger partial charge in [-0.25, -0.2) is 38.7 Å². The summed E-state index contributed by atoms with van der Waals surface area (Å²) >= 11 is 4.27. The van der Waals surface area contributed by atoms with Crippen LogP contribution in [-0.4, -0.2) is 287 Å². The Hall–Kier alpha value is -9.03. The molecular weight excluding hydrogens is 1540 g/mol. The van der Waals surface area contributed by atoms with Crippen molar-refractivity contribution in [1.29, 1.82) is 0 Å².